The van der Waals surface area contributed by atoms with Crippen LogP contribution in [-0.4, -0.2) is 25.5 Å². The number of benzene rings is 1. The Hall–Kier alpha value is -1.06. The first-order valence-corrected chi connectivity index (χ1v) is 6.88. The second kappa shape index (κ2) is 8.94. The van der Waals surface area contributed by atoms with E-state index in [4.69, 9.17) is 0 Å². The van der Waals surface area contributed by atoms with Crippen molar-refractivity contribution in [2.75, 3.05) is 19.6 Å². The highest BCUT2D eigenvalue weighted by molar-refractivity contribution is 5.85. The fourth-order valence-electron chi connectivity index (χ4n) is 2.38. The van der Waals surface area contributed by atoms with E-state index in [1.165, 1.54) is 5.56 Å². The molecule has 1 aliphatic rings. The monoisotopic (exact) mass is 282 g/mol. The maximum Gasteiger partial charge on any atom is 0.223 e. The standard InChI is InChI=1S/C15H22N2O.ClH/c18-15(14-8-11-16-12-9-14)17-10-4-7-13-5-2-1-3-6-13;/h1-3,5-6,14,16H,4,7-12H2,(H,17,18);1H. The first-order chi connectivity index (χ1) is 8.86. The summed E-state index contributed by atoms with van der Waals surface area (Å²) in [5.41, 5.74) is 1.34. The summed E-state index contributed by atoms with van der Waals surface area (Å²) in [7, 11) is 0. The smallest absolute Gasteiger partial charge is 0.223 e. The Kier molecular flexibility index (Phi) is 7.53. The number of aryl methyl sites for hydroxylation is 1. The minimum absolute atomic E-state index is 0. The van der Waals surface area contributed by atoms with Crippen molar-refractivity contribution in [2.45, 2.75) is 25.7 Å². The number of hydrogen-bond donors (Lipinski definition) is 2. The van der Waals surface area contributed by atoms with Gasteiger partial charge >= 0.3 is 0 Å². The van der Waals surface area contributed by atoms with E-state index in [2.05, 4.69) is 34.9 Å². The highest BCUT2D eigenvalue weighted by Crippen LogP contribution is 2.11. The van der Waals surface area contributed by atoms with Gasteiger partial charge in [0.15, 0.2) is 0 Å². The molecule has 1 aromatic rings. The number of rotatable bonds is 5. The van der Waals surface area contributed by atoms with Gasteiger partial charge in [0.2, 0.25) is 5.91 Å². The van der Waals surface area contributed by atoms with E-state index >= 15 is 0 Å². The molecule has 1 fully saturated rings. The zero-order chi connectivity index (χ0) is 12.6. The summed E-state index contributed by atoms with van der Waals surface area (Å²) < 4.78 is 0. The van der Waals surface area contributed by atoms with Gasteiger partial charge < -0.3 is 10.6 Å². The Morgan fingerprint density at radius 1 is 1.21 bits per heavy atom. The van der Waals surface area contributed by atoms with Crippen LogP contribution < -0.4 is 10.6 Å². The molecule has 1 aromatic carbocycles. The lowest BCUT2D eigenvalue weighted by Crippen LogP contribution is -2.38. The molecule has 0 unspecified atom stereocenters. The fourth-order valence-corrected chi connectivity index (χ4v) is 2.38. The van der Waals surface area contributed by atoms with Crippen molar-refractivity contribution in [2.24, 2.45) is 5.92 Å². The first-order valence-electron chi connectivity index (χ1n) is 6.88. The number of halogens is 1. The van der Waals surface area contributed by atoms with Crippen molar-refractivity contribution < 1.29 is 4.79 Å². The molecule has 0 bridgehead atoms. The van der Waals surface area contributed by atoms with Crippen molar-refractivity contribution in [1.29, 1.82) is 0 Å². The lowest BCUT2D eigenvalue weighted by Gasteiger charge is -2.21. The SMILES string of the molecule is Cl.O=C(NCCCc1ccccc1)C1CCNCC1. The zero-order valence-electron chi connectivity index (χ0n) is 11.2. The molecular formula is C15H23ClN2O. The molecule has 2 rings (SSSR count). The van der Waals surface area contributed by atoms with Gasteiger partial charge in [-0.15, -0.1) is 12.4 Å². The van der Waals surface area contributed by atoms with Crippen molar-refractivity contribution in [3.05, 3.63) is 35.9 Å². The Balaban J connectivity index is 0.00000180. The van der Waals surface area contributed by atoms with Gasteiger partial charge in [0.1, 0.15) is 0 Å². The predicted octanol–water partition coefficient (Wildman–Crippen LogP) is 2.16. The van der Waals surface area contributed by atoms with Crippen molar-refractivity contribution >= 4 is 18.3 Å². The summed E-state index contributed by atoms with van der Waals surface area (Å²) in [5, 5.41) is 6.33. The highest BCUT2D eigenvalue weighted by atomic mass is 35.5. The van der Waals surface area contributed by atoms with Crippen molar-refractivity contribution in [3.8, 4) is 0 Å². The predicted molar refractivity (Wildman–Crippen MR) is 80.6 cm³/mol. The first kappa shape index (κ1) is 16.0. The van der Waals surface area contributed by atoms with Crippen LogP contribution in [0.2, 0.25) is 0 Å². The summed E-state index contributed by atoms with van der Waals surface area (Å²) in [6, 6.07) is 10.4. The van der Waals surface area contributed by atoms with E-state index in [9.17, 15) is 4.79 Å². The van der Waals surface area contributed by atoms with Gasteiger partial charge in [-0.2, -0.15) is 0 Å². The van der Waals surface area contributed by atoms with Gasteiger partial charge in [0, 0.05) is 12.5 Å². The third kappa shape index (κ3) is 5.62. The summed E-state index contributed by atoms with van der Waals surface area (Å²) in [6.07, 6.45) is 4.00. The van der Waals surface area contributed by atoms with Gasteiger partial charge in [0.25, 0.3) is 0 Å². The van der Waals surface area contributed by atoms with Gasteiger partial charge in [-0.25, -0.2) is 0 Å². The molecule has 106 valence electrons. The van der Waals surface area contributed by atoms with Crippen LogP contribution in [0.25, 0.3) is 0 Å². The Bertz CT molecular complexity index is 364. The molecule has 19 heavy (non-hydrogen) atoms. The number of hydrogen-bond acceptors (Lipinski definition) is 2. The minimum Gasteiger partial charge on any atom is -0.356 e. The number of nitrogens with one attached hydrogen (secondary N) is 2. The molecule has 3 nitrogen and oxygen atoms in total. The second-order valence-electron chi connectivity index (χ2n) is 4.90. The van der Waals surface area contributed by atoms with Gasteiger partial charge in [0.05, 0.1) is 0 Å². The van der Waals surface area contributed by atoms with Crippen LogP contribution in [0.4, 0.5) is 0 Å². The molecule has 0 aliphatic carbocycles. The topological polar surface area (TPSA) is 41.1 Å². The third-order valence-electron chi connectivity index (χ3n) is 3.49. The number of amides is 1. The fraction of sp³-hybridized carbons (Fsp3) is 0.533. The molecule has 1 heterocycles. The van der Waals surface area contributed by atoms with Crippen molar-refractivity contribution in [3.63, 3.8) is 0 Å². The molecule has 1 amide bonds. The summed E-state index contributed by atoms with van der Waals surface area (Å²) >= 11 is 0. The van der Waals surface area contributed by atoms with Crippen LogP contribution in [0.15, 0.2) is 30.3 Å². The molecule has 4 heteroatoms. The summed E-state index contributed by atoms with van der Waals surface area (Å²) in [5.74, 6) is 0.465. The Morgan fingerprint density at radius 3 is 2.58 bits per heavy atom. The number of piperidine rings is 1. The molecular weight excluding hydrogens is 260 g/mol. The van der Waals surface area contributed by atoms with Crippen LogP contribution in [0, 0.1) is 5.92 Å². The number of carbonyl (C=O) groups is 1. The summed E-state index contributed by atoms with van der Waals surface area (Å²) in [6.45, 7) is 2.74. The quantitative estimate of drug-likeness (QED) is 0.813. The van der Waals surface area contributed by atoms with Crippen molar-refractivity contribution in [1.82, 2.24) is 10.6 Å². The largest absolute Gasteiger partial charge is 0.356 e. The van der Waals surface area contributed by atoms with E-state index in [1.54, 1.807) is 0 Å². The van der Waals surface area contributed by atoms with Crippen LogP contribution in [0.5, 0.6) is 0 Å². The minimum atomic E-state index is 0. The molecule has 0 spiro atoms. The molecule has 0 aromatic heterocycles. The number of carbonyl (C=O) groups excluding carboxylic acids is 1. The lowest BCUT2D eigenvalue weighted by molar-refractivity contribution is -0.125. The Labute approximate surface area is 121 Å². The highest BCUT2D eigenvalue weighted by Gasteiger charge is 2.19. The van der Waals surface area contributed by atoms with E-state index in [0.717, 1.165) is 45.3 Å². The van der Waals surface area contributed by atoms with E-state index < -0.39 is 0 Å². The van der Waals surface area contributed by atoms with Gasteiger partial charge in [-0.05, 0) is 44.3 Å². The normalized spacial score (nSPS) is 15.6. The van der Waals surface area contributed by atoms with Crippen LogP contribution in [0.1, 0.15) is 24.8 Å². The van der Waals surface area contributed by atoms with Crippen LogP contribution >= 0.6 is 12.4 Å². The average molecular weight is 283 g/mol. The zero-order valence-corrected chi connectivity index (χ0v) is 12.0. The average Bonchev–Trinajstić information content (AvgIpc) is 2.45. The van der Waals surface area contributed by atoms with E-state index in [0.29, 0.717) is 0 Å². The lowest BCUT2D eigenvalue weighted by atomic mass is 9.97. The molecule has 1 aliphatic heterocycles. The van der Waals surface area contributed by atoms with Crippen LogP contribution in [-0.2, 0) is 11.2 Å². The summed E-state index contributed by atoms with van der Waals surface area (Å²) in [4.78, 5) is 11.9. The van der Waals surface area contributed by atoms with Crippen LogP contribution in [0.3, 0.4) is 0 Å². The molecule has 0 saturated carbocycles. The molecule has 1 saturated heterocycles. The third-order valence-corrected chi connectivity index (χ3v) is 3.49. The van der Waals surface area contributed by atoms with Gasteiger partial charge in [-0.3, -0.25) is 4.79 Å². The Morgan fingerprint density at radius 2 is 1.89 bits per heavy atom. The molecule has 0 radical (unpaired) electrons. The second-order valence-corrected chi connectivity index (χ2v) is 4.90. The maximum atomic E-state index is 11.9. The molecule has 0 atom stereocenters. The molecule has 2 N–H and O–H groups in total. The van der Waals surface area contributed by atoms with Gasteiger partial charge in [-0.1, -0.05) is 30.3 Å². The maximum absolute atomic E-state index is 11.9. The van der Waals surface area contributed by atoms with E-state index in [-0.39, 0.29) is 24.2 Å². The van der Waals surface area contributed by atoms with E-state index in [1.807, 2.05) is 6.07 Å².